The van der Waals surface area contributed by atoms with Crippen molar-refractivity contribution in [2.45, 2.75) is 64.0 Å². The minimum absolute atomic E-state index is 0.306. The van der Waals surface area contributed by atoms with Crippen LogP contribution in [0.25, 0.3) is 0 Å². The molecule has 0 N–H and O–H groups in total. The van der Waals surface area contributed by atoms with E-state index in [1.165, 1.54) is 25.7 Å². The highest BCUT2D eigenvalue weighted by Gasteiger charge is 2.34. The highest BCUT2D eigenvalue weighted by atomic mass is 19.4. The van der Waals surface area contributed by atoms with Crippen LogP contribution in [0, 0.1) is 17.8 Å². The summed E-state index contributed by atoms with van der Waals surface area (Å²) in [5.41, 5.74) is 0. The Balaban J connectivity index is 1.44. The van der Waals surface area contributed by atoms with Crippen LogP contribution < -0.4 is 0 Å². The van der Waals surface area contributed by atoms with E-state index in [1.807, 2.05) is 0 Å². The summed E-state index contributed by atoms with van der Waals surface area (Å²) in [6, 6.07) is 0. The number of halogens is 3. The van der Waals surface area contributed by atoms with Crippen molar-refractivity contribution in [2.24, 2.45) is 17.8 Å². The minimum atomic E-state index is -3.96. The Morgan fingerprint density at radius 1 is 0.889 bits per heavy atom. The van der Waals surface area contributed by atoms with Gasteiger partial charge < -0.3 is 0 Å². The van der Waals surface area contributed by atoms with Crippen molar-refractivity contribution in [3.05, 3.63) is 12.2 Å². The summed E-state index contributed by atoms with van der Waals surface area (Å²) in [7, 11) is 0. The molecule has 2 aliphatic carbocycles. The van der Waals surface area contributed by atoms with Crippen molar-refractivity contribution >= 4 is 0 Å². The first kappa shape index (κ1) is 14.0. The molecular formula is C15H23F3. The number of rotatable bonds is 7. The third-order valence-corrected chi connectivity index (χ3v) is 4.45. The summed E-state index contributed by atoms with van der Waals surface area (Å²) < 4.78 is 35.7. The van der Waals surface area contributed by atoms with Gasteiger partial charge in [0.25, 0.3) is 0 Å². The number of hydrogen-bond donors (Lipinski definition) is 0. The third-order valence-electron chi connectivity index (χ3n) is 4.45. The Labute approximate surface area is 108 Å². The Hall–Kier alpha value is -0.470. The Morgan fingerprint density at radius 3 is 2.22 bits per heavy atom. The van der Waals surface area contributed by atoms with Crippen molar-refractivity contribution in [3.63, 3.8) is 0 Å². The highest BCUT2D eigenvalue weighted by Crippen LogP contribution is 2.45. The largest absolute Gasteiger partial charge is 0.389 e. The second-order valence-electron chi connectivity index (χ2n) is 5.96. The summed E-state index contributed by atoms with van der Waals surface area (Å²) in [5.74, 6) is 2.53. The van der Waals surface area contributed by atoms with Crippen molar-refractivity contribution in [3.8, 4) is 0 Å². The van der Waals surface area contributed by atoms with E-state index in [1.54, 1.807) is 0 Å². The van der Waals surface area contributed by atoms with Gasteiger partial charge in [-0.05, 0) is 43.4 Å². The van der Waals surface area contributed by atoms with E-state index >= 15 is 0 Å². The standard InChI is InChI=1S/C15H23F3/c16-15(17,18)9-5-3-1-2-4-6-13-10-12-7-8-14(13)11-12/h7-8,12-14H,1-6,9-11H2. The van der Waals surface area contributed by atoms with Crippen molar-refractivity contribution in [1.82, 2.24) is 0 Å². The summed E-state index contributed by atoms with van der Waals surface area (Å²) in [4.78, 5) is 0. The smallest absolute Gasteiger partial charge is 0.171 e. The molecule has 3 heteroatoms. The molecule has 1 fully saturated rings. The molecule has 0 aromatic rings. The highest BCUT2D eigenvalue weighted by molar-refractivity contribution is 5.09. The quantitative estimate of drug-likeness (QED) is 0.419. The van der Waals surface area contributed by atoms with Crippen LogP contribution in [0.15, 0.2) is 12.2 Å². The molecular weight excluding hydrogens is 237 g/mol. The third kappa shape index (κ3) is 4.33. The molecule has 0 heterocycles. The first-order valence-corrected chi connectivity index (χ1v) is 7.30. The lowest BCUT2D eigenvalue weighted by Gasteiger charge is -2.17. The maximum atomic E-state index is 11.9. The van der Waals surface area contributed by atoms with Gasteiger partial charge in [-0.2, -0.15) is 13.2 Å². The molecule has 0 amide bonds. The fraction of sp³-hybridized carbons (Fsp3) is 0.867. The fourth-order valence-corrected chi connectivity index (χ4v) is 3.49. The predicted molar refractivity (Wildman–Crippen MR) is 67.2 cm³/mol. The van der Waals surface area contributed by atoms with Gasteiger partial charge in [-0.25, -0.2) is 0 Å². The van der Waals surface area contributed by atoms with Gasteiger partial charge in [0.1, 0.15) is 0 Å². The maximum Gasteiger partial charge on any atom is 0.389 e. The number of unbranched alkanes of at least 4 members (excludes halogenated alkanes) is 4. The molecule has 2 bridgehead atoms. The van der Waals surface area contributed by atoms with Crippen LogP contribution in [0.1, 0.15) is 57.8 Å². The molecule has 104 valence electrons. The van der Waals surface area contributed by atoms with Crippen LogP contribution >= 0.6 is 0 Å². The molecule has 0 aromatic carbocycles. The predicted octanol–water partition coefficient (Wildman–Crippen LogP) is 5.49. The van der Waals surface area contributed by atoms with Crippen LogP contribution in [-0.2, 0) is 0 Å². The van der Waals surface area contributed by atoms with Crippen LogP contribution in [0.4, 0.5) is 13.2 Å². The molecule has 3 unspecified atom stereocenters. The SMILES string of the molecule is FC(F)(F)CCCCCCCC1CC2C=CC1C2. The van der Waals surface area contributed by atoms with Crippen LogP contribution in [-0.4, -0.2) is 6.18 Å². The average molecular weight is 260 g/mol. The van der Waals surface area contributed by atoms with Gasteiger partial charge >= 0.3 is 6.18 Å². The Morgan fingerprint density at radius 2 is 1.61 bits per heavy atom. The summed E-state index contributed by atoms with van der Waals surface area (Å²) in [5, 5.41) is 0. The molecule has 18 heavy (non-hydrogen) atoms. The normalized spacial score (nSPS) is 30.3. The summed E-state index contributed by atoms with van der Waals surface area (Å²) >= 11 is 0. The van der Waals surface area contributed by atoms with E-state index in [0.29, 0.717) is 6.42 Å². The van der Waals surface area contributed by atoms with Crippen molar-refractivity contribution < 1.29 is 13.2 Å². The van der Waals surface area contributed by atoms with Gasteiger partial charge in [0, 0.05) is 6.42 Å². The second-order valence-corrected chi connectivity index (χ2v) is 5.96. The molecule has 0 saturated heterocycles. The molecule has 2 aliphatic rings. The molecule has 0 radical (unpaired) electrons. The van der Waals surface area contributed by atoms with E-state index < -0.39 is 12.6 Å². The number of alkyl halides is 3. The monoisotopic (exact) mass is 260 g/mol. The van der Waals surface area contributed by atoms with Crippen LogP contribution in [0.2, 0.25) is 0 Å². The lowest BCUT2D eigenvalue weighted by Crippen LogP contribution is -2.07. The van der Waals surface area contributed by atoms with Gasteiger partial charge in [0.15, 0.2) is 0 Å². The first-order chi connectivity index (χ1) is 8.54. The van der Waals surface area contributed by atoms with Gasteiger partial charge in [-0.1, -0.05) is 37.8 Å². The number of allylic oxidation sites excluding steroid dienone is 2. The Bertz CT molecular complexity index is 280. The molecule has 0 aliphatic heterocycles. The average Bonchev–Trinajstić information content (AvgIpc) is 2.88. The van der Waals surface area contributed by atoms with Gasteiger partial charge in [-0.15, -0.1) is 0 Å². The van der Waals surface area contributed by atoms with E-state index in [4.69, 9.17) is 0 Å². The zero-order chi connectivity index (χ0) is 13.0. The molecule has 2 rings (SSSR count). The Kier molecular flexibility index (Phi) is 4.74. The van der Waals surface area contributed by atoms with Crippen LogP contribution in [0.3, 0.4) is 0 Å². The van der Waals surface area contributed by atoms with Crippen molar-refractivity contribution in [2.75, 3.05) is 0 Å². The molecule has 1 saturated carbocycles. The van der Waals surface area contributed by atoms with Gasteiger partial charge in [-0.3, -0.25) is 0 Å². The van der Waals surface area contributed by atoms with Gasteiger partial charge in [0.05, 0.1) is 0 Å². The molecule has 3 atom stereocenters. The summed E-state index contributed by atoms with van der Waals surface area (Å²) in [6.45, 7) is 0. The second kappa shape index (κ2) is 6.12. The lowest BCUT2D eigenvalue weighted by molar-refractivity contribution is -0.135. The molecule has 0 spiro atoms. The van der Waals surface area contributed by atoms with Crippen LogP contribution in [0.5, 0.6) is 0 Å². The molecule has 0 nitrogen and oxygen atoms in total. The van der Waals surface area contributed by atoms with E-state index in [-0.39, 0.29) is 0 Å². The number of hydrogen-bond acceptors (Lipinski definition) is 0. The zero-order valence-corrected chi connectivity index (χ0v) is 10.9. The van der Waals surface area contributed by atoms with E-state index in [2.05, 4.69) is 12.2 Å². The fourth-order valence-electron chi connectivity index (χ4n) is 3.49. The zero-order valence-electron chi connectivity index (χ0n) is 10.9. The van der Waals surface area contributed by atoms with Gasteiger partial charge in [0.2, 0.25) is 0 Å². The lowest BCUT2D eigenvalue weighted by atomic mass is 9.88. The molecule has 0 aromatic heterocycles. The number of fused-ring (bicyclic) bond motifs is 2. The van der Waals surface area contributed by atoms with E-state index in [0.717, 1.165) is 37.0 Å². The first-order valence-electron chi connectivity index (χ1n) is 7.30. The minimum Gasteiger partial charge on any atom is -0.171 e. The maximum absolute atomic E-state index is 11.9. The van der Waals surface area contributed by atoms with Crippen molar-refractivity contribution in [1.29, 1.82) is 0 Å². The van der Waals surface area contributed by atoms with E-state index in [9.17, 15) is 13.2 Å². The topological polar surface area (TPSA) is 0 Å². The summed E-state index contributed by atoms with van der Waals surface area (Å²) in [6.07, 6.45) is 8.47.